The minimum Gasteiger partial charge on any atom is -0.313 e. The summed E-state index contributed by atoms with van der Waals surface area (Å²) < 4.78 is 26.6. The maximum atomic E-state index is 12.7. The van der Waals surface area contributed by atoms with Crippen molar-refractivity contribution in [3.63, 3.8) is 0 Å². The van der Waals surface area contributed by atoms with Crippen molar-refractivity contribution < 1.29 is 13.3 Å². The van der Waals surface area contributed by atoms with Gasteiger partial charge in [0.05, 0.1) is 14.8 Å². The Balaban J connectivity index is 2.51. The molecule has 1 N–H and O–H groups in total. The third-order valence-corrected chi connectivity index (χ3v) is 5.97. The first kappa shape index (κ1) is 16.2. The zero-order valence-corrected chi connectivity index (χ0v) is 13.2. The molecule has 0 aromatic heterocycles. The Morgan fingerprint density at radius 3 is 2.52 bits per heavy atom. The van der Waals surface area contributed by atoms with Crippen LogP contribution >= 0.6 is 11.6 Å². The second-order valence-corrected chi connectivity index (χ2v) is 7.12. The number of rotatable bonds is 5. The molecule has 116 valence electrons. The average molecular weight is 334 g/mol. The predicted octanol–water partition coefficient (Wildman–Crippen LogP) is 1.54. The first-order valence-corrected chi connectivity index (χ1v) is 8.28. The van der Waals surface area contributed by atoms with Gasteiger partial charge < -0.3 is 5.32 Å². The van der Waals surface area contributed by atoms with Crippen LogP contribution in [0.15, 0.2) is 17.0 Å². The molecule has 1 aliphatic heterocycles. The molecule has 7 nitrogen and oxygen atoms in total. The predicted molar refractivity (Wildman–Crippen MR) is 79.1 cm³/mol. The average Bonchev–Trinajstić information content (AvgIpc) is 2.35. The van der Waals surface area contributed by atoms with Crippen LogP contribution in [-0.2, 0) is 10.0 Å². The van der Waals surface area contributed by atoms with Gasteiger partial charge in [0.2, 0.25) is 10.0 Å². The van der Waals surface area contributed by atoms with E-state index in [9.17, 15) is 18.5 Å². The van der Waals surface area contributed by atoms with Crippen LogP contribution in [0.2, 0.25) is 5.02 Å². The van der Waals surface area contributed by atoms with Crippen LogP contribution in [0.1, 0.15) is 12.5 Å². The van der Waals surface area contributed by atoms with E-state index in [1.165, 1.54) is 17.3 Å². The smallest absolute Gasteiger partial charge is 0.275 e. The summed E-state index contributed by atoms with van der Waals surface area (Å²) in [5.74, 6) is 0. The third-order valence-electron chi connectivity index (χ3n) is 3.57. The van der Waals surface area contributed by atoms with E-state index in [0.29, 0.717) is 19.6 Å². The highest BCUT2D eigenvalue weighted by atomic mass is 35.5. The molecule has 21 heavy (non-hydrogen) atoms. The Bertz CT molecular complexity index is 673. The van der Waals surface area contributed by atoms with Crippen LogP contribution < -0.4 is 5.32 Å². The highest BCUT2D eigenvalue weighted by Gasteiger charge is 2.35. The van der Waals surface area contributed by atoms with Gasteiger partial charge in [-0.15, -0.1) is 0 Å². The van der Waals surface area contributed by atoms with Crippen LogP contribution in [0, 0.1) is 17.0 Å². The van der Waals surface area contributed by atoms with Gasteiger partial charge in [-0.25, -0.2) is 8.42 Å². The van der Waals surface area contributed by atoms with Gasteiger partial charge in [0, 0.05) is 37.3 Å². The molecular formula is C12H16ClN3O4S. The molecule has 1 aromatic carbocycles. The molecule has 1 saturated heterocycles. The number of likely N-dealkylation sites (N-methyl/N-ethyl adjacent to an activating group) is 1. The number of hydrogen-bond acceptors (Lipinski definition) is 5. The molecule has 0 radical (unpaired) electrons. The molecule has 0 saturated carbocycles. The van der Waals surface area contributed by atoms with Crippen LogP contribution in [0.5, 0.6) is 0 Å². The third kappa shape index (κ3) is 2.89. The number of nitro benzene ring substituents is 1. The van der Waals surface area contributed by atoms with Crippen molar-refractivity contribution in [2.24, 2.45) is 0 Å². The second-order valence-electron chi connectivity index (χ2n) is 4.83. The molecule has 0 amide bonds. The molecule has 1 fully saturated rings. The van der Waals surface area contributed by atoms with Crippen molar-refractivity contribution >= 4 is 27.3 Å². The van der Waals surface area contributed by atoms with Gasteiger partial charge in [0.15, 0.2) is 0 Å². The minimum absolute atomic E-state index is 0.0746. The first-order chi connectivity index (χ1) is 9.78. The molecule has 2 rings (SSSR count). The van der Waals surface area contributed by atoms with Crippen molar-refractivity contribution in [1.29, 1.82) is 0 Å². The van der Waals surface area contributed by atoms with Gasteiger partial charge in [-0.05, 0) is 13.0 Å². The Morgan fingerprint density at radius 2 is 2.10 bits per heavy atom. The second kappa shape index (κ2) is 5.88. The SMILES string of the molecule is CCN(C1CNC1)S(=O)(=O)c1cc(Cl)c(C)c([N+](=O)[O-])c1. The van der Waals surface area contributed by atoms with Gasteiger partial charge in [0.1, 0.15) is 0 Å². The molecule has 1 heterocycles. The van der Waals surface area contributed by atoms with Crippen molar-refractivity contribution in [2.75, 3.05) is 19.6 Å². The van der Waals surface area contributed by atoms with Crippen LogP contribution in [-0.4, -0.2) is 43.3 Å². The lowest BCUT2D eigenvalue weighted by molar-refractivity contribution is -0.385. The Hall–Kier alpha value is -1.22. The number of nitrogens with zero attached hydrogens (tertiary/aromatic N) is 2. The van der Waals surface area contributed by atoms with Crippen molar-refractivity contribution in [3.8, 4) is 0 Å². The van der Waals surface area contributed by atoms with Gasteiger partial charge in [-0.2, -0.15) is 4.31 Å². The Morgan fingerprint density at radius 1 is 1.48 bits per heavy atom. The molecule has 9 heteroatoms. The summed E-state index contributed by atoms with van der Waals surface area (Å²) in [6.07, 6.45) is 0. The van der Waals surface area contributed by atoms with Gasteiger partial charge in [-0.3, -0.25) is 10.1 Å². The normalized spacial score (nSPS) is 16.0. The first-order valence-electron chi connectivity index (χ1n) is 6.46. The Kier molecular flexibility index (Phi) is 4.52. The fraction of sp³-hybridized carbons (Fsp3) is 0.500. The summed E-state index contributed by atoms with van der Waals surface area (Å²) in [5.41, 5.74) is -0.0298. The topological polar surface area (TPSA) is 92.6 Å². The lowest BCUT2D eigenvalue weighted by atomic mass is 10.2. The lowest BCUT2D eigenvalue weighted by Gasteiger charge is -2.36. The van der Waals surface area contributed by atoms with Crippen molar-refractivity contribution in [3.05, 3.63) is 32.8 Å². The van der Waals surface area contributed by atoms with Crippen LogP contribution in [0.25, 0.3) is 0 Å². The highest BCUT2D eigenvalue weighted by molar-refractivity contribution is 7.89. The van der Waals surface area contributed by atoms with Crippen molar-refractivity contribution in [1.82, 2.24) is 9.62 Å². The number of nitrogens with one attached hydrogen (secondary N) is 1. The number of sulfonamides is 1. The molecule has 1 aliphatic rings. The molecule has 0 bridgehead atoms. The van der Waals surface area contributed by atoms with Crippen LogP contribution in [0.4, 0.5) is 5.69 Å². The number of halogens is 1. The van der Waals surface area contributed by atoms with E-state index >= 15 is 0 Å². The fourth-order valence-electron chi connectivity index (χ4n) is 2.22. The van der Waals surface area contributed by atoms with E-state index in [2.05, 4.69) is 5.32 Å². The summed E-state index contributed by atoms with van der Waals surface area (Å²) in [4.78, 5) is 10.3. The summed E-state index contributed by atoms with van der Waals surface area (Å²) in [6.45, 7) is 4.68. The summed E-state index contributed by atoms with van der Waals surface area (Å²) in [7, 11) is -3.80. The lowest BCUT2D eigenvalue weighted by Crippen LogP contribution is -2.58. The maximum absolute atomic E-state index is 12.7. The van der Waals surface area contributed by atoms with Gasteiger partial charge in [0.25, 0.3) is 5.69 Å². The standard InChI is InChI=1S/C12H16ClN3O4S/c1-3-15(9-6-14-7-9)21(19,20)10-4-11(13)8(2)12(5-10)16(17)18/h4-5,9,14H,3,6-7H2,1-2H3. The van der Waals surface area contributed by atoms with E-state index < -0.39 is 14.9 Å². The highest BCUT2D eigenvalue weighted by Crippen LogP contribution is 2.31. The number of benzene rings is 1. The quantitative estimate of drug-likeness (QED) is 0.651. The fourth-order valence-corrected chi connectivity index (χ4v) is 4.17. The maximum Gasteiger partial charge on any atom is 0.275 e. The number of hydrogen-bond donors (Lipinski definition) is 1. The zero-order chi connectivity index (χ0) is 15.8. The van der Waals surface area contributed by atoms with Crippen LogP contribution in [0.3, 0.4) is 0 Å². The van der Waals surface area contributed by atoms with E-state index in [4.69, 9.17) is 11.6 Å². The molecule has 0 aliphatic carbocycles. The molecule has 0 spiro atoms. The van der Waals surface area contributed by atoms with E-state index in [1.54, 1.807) is 6.92 Å². The van der Waals surface area contributed by atoms with Gasteiger partial charge in [-0.1, -0.05) is 18.5 Å². The monoisotopic (exact) mass is 333 g/mol. The summed E-state index contributed by atoms with van der Waals surface area (Å²) in [6, 6.07) is 2.22. The van der Waals surface area contributed by atoms with Crippen molar-refractivity contribution in [2.45, 2.75) is 24.8 Å². The van der Waals surface area contributed by atoms with E-state index in [0.717, 1.165) is 6.07 Å². The Labute approximate surface area is 128 Å². The molecule has 0 atom stereocenters. The molecule has 0 unspecified atom stereocenters. The summed E-state index contributed by atoms with van der Waals surface area (Å²) in [5, 5.41) is 14.1. The number of nitro groups is 1. The summed E-state index contributed by atoms with van der Waals surface area (Å²) >= 11 is 5.94. The minimum atomic E-state index is -3.80. The largest absolute Gasteiger partial charge is 0.313 e. The zero-order valence-electron chi connectivity index (χ0n) is 11.7. The molecule has 1 aromatic rings. The van der Waals surface area contributed by atoms with E-state index in [1.807, 2.05) is 0 Å². The van der Waals surface area contributed by atoms with Gasteiger partial charge >= 0.3 is 0 Å². The molecular weight excluding hydrogens is 318 g/mol. The van der Waals surface area contributed by atoms with E-state index in [-0.39, 0.29) is 27.2 Å².